The molecule has 2 atom stereocenters. The van der Waals surface area contributed by atoms with Crippen LogP contribution in [0.4, 0.5) is 0 Å². The summed E-state index contributed by atoms with van der Waals surface area (Å²) in [5.74, 6) is 1.67. The van der Waals surface area contributed by atoms with Gasteiger partial charge in [0.1, 0.15) is 0 Å². The lowest BCUT2D eigenvalue weighted by atomic mass is 9.76. The van der Waals surface area contributed by atoms with Crippen LogP contribution >= 0.6 is 0 Å². The third-order valence-electron chi connectivity index (χ3n) is 2.25. The predicted molar refractivity (Wildman–Crippen MR) is 36.9 cm³/mol. The molecule has 2 N–H and O–H groups in total. The molecule has 0 bridgehead atoms. The summed E-state index contributed by atoms with van der Waals surface area (Å²) in [5, 5.41) is 0. The standard InChI is InChI=1S/C7H15NO/c1-6-2-3-7(6)4-9-5-8/h6-7H,2-5,8H2,1H3. The van der Waals surface area contributed by atoms with Crippen molar-refractivity contribution < 1.29 is 4.74 Å². The van der Waals surface area contributed by atoms with Crippen molar-refractivity contribution >= 4 is 0 Å². The van der Waals surface area contributed by atoms with Crippen molar-refractivity contribution in [2.75, 3.05) is 13.3 Å². The minimum Gasteiger partial charge on any atom is -0.366 e. The average Bonchev–Trinajstić information content (AvgIpc) is 1.86. The highest BCUT2D eigenvalue weighted by Crippen LogP contribution is 2.33. The van der Waals surface area contributed by atoms with Gasteiger partial charge in [-0.15, -0.1) is 0 Å². The maximum atomic E-state index is 5.18. The number of hydrogen-bond donors (Lipinski definition) is 1. The zero-order valence-corrected chi connectivity index (χ0v) is 5.97. The number of rotatable bonds is 3. The molecule has 0 aromatic carbocycles. The molecule has 54 valence electrons. The first kappa shape index (κ1) is 7.03. The first-order valence-electron chi connectivity index (χ1n) is 3.62. The molecule has 0 radical (unpaired) electrons. The van der Waals surface area contributed by atoms with Crippen molar-refractivity contribution in [3.05, 3.63) is 0 Å². The van der Waals surface area contributed by atoms with E-state index >= 15 is 0 Å². The van der Waals surface area contributed by atoms with Crippen LogP contribution in [0.15, 0.2) is 0 Å². The van der Waals surface area contributed by atoms with Crippen LogP contribution in [0.2, 0.25) is 0 Å². The summed E-state index contributed by atoms with van der Waals surface area (Å²) in [7, 11) is 0. The quantitative estimate of drug-likeness (QED) is 0.576. The van der Waals surface area contributed by atoms with Gasteiger partial charge < -0.3 is 10.5 Å². The van der Waals surface area contributed by atoms with Crippen LogP contribution in [0, 0.1) is 11.8 Å². The fourth-order valence-electron chi connectivity index (χ4n) is 1.20. The topological polar surface area (TPSA) is 35.2 Å². The Morgan fingerprint density at radius 3 is 2.67 bits per heavy atom. The minimum atomic E-state index is 0.378. The largest absolute Gasteiger partial charge is 0.366 e. The maximum Gasteiger partial charge on any atom is 0.0940 e. The van der Waals surface area contributed by atoms with Gasteiger partial charge in [-0.2, -0.15) is 0 Å². The highest BCUT2D eigenvalue weighted by atomic mass is 16.5. The summed E-state index contributed by atoms with van der Waals surface area (Å²) in [6.45, 7) is 3.52. The normalized spacial score (nSPS) is 34.0. The van der Waals surface area contributed by atoms with Crippen LogP contribution in [0.25, 0.3) is 0 Å². The molecule has 1 aliphatic rings. The summed E-state index contributed by atoms with van der Waals surface area (Å²) in [4.78, 5) is 0. The van der Waals surface area contributed by atoms with E-state index in [9.17, 15) is 0 Å². The molecule has 0 spiro atoms. The summed E-state index contributed by atoms with van der Waals surface area (Å²) in [5.41, 5.74) is 5.18. The molecular weight excluding hydrogens is 114 g/mol. The Morgan fingerprint density at radius 2 is 2.33 bits per heavy atom. The molecule has 0 amide bonds. The molecule has 0 saturated heterocycles. The molecule has 1 aliphatic carbocycles. The van der Waals surface area contributed by atoms with Gasteiger partial charge in [-0.3, -0.25) is 0 Å². The van der Waals surface area contributed by atoms with Crippen LogP contribution in [0.3, 0.4) is 0 Å². The second kappa shape index (κ2) is 3.18. The summed E-state index contributed by atoms with van der Waals surface area (Å²) >= 11 is 0. The van der Waals surface area contributed by atoms with E-state index in [4.69, 9.17) is 10.5 Å². The number of nitrogens with two attached hydrogens (primary N) is 1. The SMILES string of the molecule is CC1CCC1COCN. The van der Waals surface area contributed by atoms with Gasteiger partial charge in [-0.25, -0.2) is 0 Å². The smallest absolute Gasteiger partial charge is 0.0940 e. The van der Waals surface area contributed by atoms with Crippen LogP contribution in [-0.4, -0.2) is 13.3 Å². The third kappa shape index (κ3) is 1.66. The van der Waals surface area contributed by atoms with E-state index in [0.717, 1.165) is 18.4 Å². The Bertz CT molecular complexity index is 85.0. The molecule has 2 heteroatoms. The van der Waals surface area contributed by atoms with Gasteiger partial charge >= 0.3 is 0 Å². The molecule has 1 fully saturated rings. The maximum absolute atomic E-state index is 5.18. The Kier molecular flexibility index (Phi) is 2.49. The molecular formula is C7H15NO. The summed E-state index contributed by atoms with van der Waals surface area (Å²) < 4.78 is 5.09. The summed E-state index contributed by atoms with van der Waals surface area (Å²) in [6.07, 6.45) is 2.71. The van der Waals surface area contributed by atoms with Gasteiger partial charge in [0.15, 0.2) is 0 Å². The highest BCUT2D eigenvalue weighted by Gasteiger charge is 2.26. The number of hydrogen-bond acceptors (Lipinski definition) is 2. The molecule has 0 heterocycles. The van der Waals surface area contributed by atoms with Crippen LogP contribution in [0.5, 0.6) is 0 Å². The third-order valence-corrected chi connectivity index (χ3v) is 2.25. The van der Waals surface area contributed by atoms with Gasteiger partial charge in [0, 0.05) is 0 Å². The van der Waals surface area contributed by atoms with Gasteiger partial charge in [0.25, 0.3) is 0 Å². The molecule has 9 heavy (non-hydrogen) atoms. The van der Waals surface area contributed by atoms with E-state index < -0.39 is 0 Å². The minimum absolute atomic E-state index is 0.378. The van der Waals surface area contributed by atoms with Gasteiger partial charge in [0.2, 0.25) is 0 Å². The summed E-state index contributed by atoms with van der Waals surface area (Å²) in [6, 6.07) is 0. The first-order valence-corrected chi connectivity index (χ1v) is 3.62. The van der Waals surface area contributed by atoms with Gasteiger partial charge in [0.05, 0.1) is 13.3 Å². The molecule has 2 nitrogen and oxygen atoms in total. The average molecular weight is 129 g/mol. The fraction of sp³-hybridized carbons (Fsp3) is 1.00. The van der Waals surface area contributed by atoms with E-state index in [-0.39, 0.29) is 0 Å². The van der Waals surface area contributed by atoms with Crippen LogP contribution < -0.4 is 5.73 Å². The molecule has 0 aromatic rings. The zero-order valence-electron chi connectivity index (χ0n) is 5.97. The second-order valence-corrected chi connectivity index (χ2v) is 2.85. The fourth-order valence-corrected chi connectivity index (χ4v) is 1.20. The monoisotopic (exact) mass is 129 g/mol. The van der Waals surface area contributed by atoms with Crippen LogP contribution in [-0.2, 0) is 4.74 Å². The Hall–Kier alpha value is -0.0800. The highest BCUT2D eigenvalue weighted by molar-refractivity contribution is 4.76. The van der Waals surface area contributed by atoms with E-state index in [1.54, 1.807) is 0 Å². The van der Waals surface area contributed by atoms with Crippen molar-refractivity contribution in [1.29, 1.82) is 0 Å². The molecule has 0 aromatic heterocycles. The molecule has 0 aliphatic heterocycles. The van der Waals surface area contributed by atoms with Crippen LogP contribution in [0.1, 0.15) is 19.8 Å². The van der Waals surface area contributed by atoms with Crippen molar-refractivity contribution in [3.8, 4) is 0 Å². The molecule has 1 rings (SSSR count). The molecule has 2 unspecified atom stereocenters. The van der Waals surface area contributed by atoms with E-state index in [1.807, 2.05) is 0 Å². The van der Waals surface area contributed by atoms with E-state index in [0.29, 0.717) is 6.73 Å². The van der Waals surface area contributed by atoms with Crippen molar-refractivity contribution in [2.24, 2.45) is 17.6 Å². The van der Waals surface area contributed by atoms with Crippen molar-refractivity contribution in [1.82, 2.24) is 0 Å². The lowest BCUT2D eigenvalue weighted by Gasteiger charge is -2.33. The van der Waals surface area contributed by atoms with Crippen molar-refractivity contribution in [2.45, 2.75) is 19.8 Å². The van der Waals surface area contributed by atoms with E-state index in [2.05, 4.69) is 6.92 Å². The lowest BCUT2D eigenvalue weighted by molar-refractivity contribution is 0.0416. The first-order chi connectivity index (χ1) is 4.34. The van der Waals surface area contributed by atoms with Crippen molar-refractivity contribution in [3.63, 3.8) is 0 Å². The second-order valence-electron chi connectivity index (χ2n) is 2.85. The predicted octanol–water partition coefficient (Wildman–Crippen LogP) is 0.965. The zero-order chi connectivity index (χ0) is 6.69. The lowest BCUT2D eigenvalue weighted by Crippen LogP contribution is -2.28. The molecule has 1 saturated carbocycles. The van der Waals surface area contributed by atoms with Gasteiger partial charge in [-0.05, 0) is 18.3 Å². The Morgan fingerprint density at radius 1 is 1.56 bits per heavy atom. The Labute approximate surface area is 56.4 Å². The van der Waals surface area contributed by atoms with E-state index in [1.165, 1.54) is 12.8 Å². The van der Waals surface area contributed by atoms with Gasteiger partial charge in [-0.1, -0.05) is 13.3 Å². The number of ether oxygens (including phenoxy) is 1. The Balaban J connectivity index is 1.99.